The summed E-state index contributed by atoms with van der Waals surface area (Å²) in [6, 6.07) is 0. The smallest absolute Gasteiger partial charge is 0.0808 e. The van der Waals surface area contributed by atoms with Crippen molar-refractivity contribution >= 4 is 0 Å². The van der Waals surface area contributed by atoms with Gasteiger partial charge in [0.25, 0.3) is 0 Å². The summed E-state index contributed by atoms with van der Waals surface area (Å²) < 4.78 is 12.1. The van der Waals surface area contributed by atoms with Crippen molar-refractivity contribution in [3.05, 3.63) is 0 Å². The molecule has 1 heterocycles. The molecule has 0 radical (unpaired) electrons. The molecule has 1 aliphatic heterocycles. The van der Waals surface area contributed by atoms with Crippen LogP contribution in [0.4, 0.5) is 0 Å². The van der Waals surface area contributed by atoms with Crippen molar-refractivity contribution in [2.75, 3.05) is 26.3 Å². The highest BCUT2D eigenvalue weighted by atomic mass is 16.5. The minimum Gasteiger partial charge on any atom is -0.376 e. The molecular weight excluding hydrogens is 226 g/mol. The molecule has 1 saturated heterocycles. The molecule has 0 aromatic carbocycles. The minimum atomic E-state index is 0.107. The maximum atomic E-state index is 6.29. The van der Waals surface area contributed by atoms with E-state index in [0.29, 0.717) is 6.10 Å². The fourth-order valence-corrected chi connectivity index (χ4v) is 3.09. The summed E-state index contributed by atoms with van der Waals surface area (Å²) in [4.78, 5) is 0. The maximum absolute atomic E-state index is 6.29. The van der Waals surface area contributed by atoms with Crippen LogP contribution in [0.25, 0.3) is 0 Å². The molecule has 1 atom stereocenters. The van der Waals surface area contributed by atoms with Crippen LogP contribution < -0.4 is 5.32 Å². The molecule has 0 amide bonds. The third-order valence-electron chi connectivity index (χ3n) is 4.24. The second-order valence-corrected chi connectivity index (χ2v) is 5.87. The van der Waals surface area contributed by atoms with Gasteiger partial charge in [-0.25, -0.2) is 0 Å². The number of hydrogen-bond donors (Lipinski definition) is 1. The molecule has 3 heteroatoms. The van der Waals surface area contributed by atoms with E-state index in [4.69, 9.17) is 9.47 Å². The van der Waals surface area contributed by atoms with Gasteiger partial charge in [-0.1, -0.05) is 19.8 Å². The zero-order valence-electron chi connectivity index (χ0n) is 11.9. The van der Waals surface area contributed by atoms with Crippen LogP contribution in [0.1, 0.15) is 58.3 Å². The Morgan fingerprint density at radius 1 is 1.22 bits per heavy atom. The zero-order valence-corrected chi connectivity index (χ0v) is 11.9. The molecule has 1 N–H and O–H groups in total. The van der Waals surface area contributed by atoms with E-state index in [1.165, 1.54) is 51.4 Å². The molecule has 3 nitrogen and oxygen atoms in total. The monoisotopic (exact) mass is 255 g/mol. The van der Waals surface area contributed by atoms with Crippen LogP contribution in [-0.2, 0) is 9.47 Å². The zero-order chi connectivity index (χ0) is 12.7. The average Bonchev–Trinajstić information content (AvgIpc) is 2.87. The normalized spacial score (nSPS) is 27.5. The van der Waals surface area contributed by atoms with E-state index in [1.807, 2.05) is 0 Å². The van der Waals surface area contributed by atoms with Gasteiger partial charge >= 0.3 is 0 Å². The van der Waals surface area contributed by atoms with Crippen molar-refractivity contribution in [2.24, 2.45) is 0 Å². The first-order valence-corrected chi connectivity index (χ1v) is 7.81. The van der Waals surface area contributed by atoms with E-state index in [9.17, 15) is 0 Å². The van der Waals surface area contributed by atoms with E-state index < -0.39 is 0 Å². The van der Waals surface area contributed by atoms with Crippen LogP contribution >= 0.6 is 0 Å². The molecular formula is C15H29NO2. The highest BCUT2D eigenvalue weighted by molar-refractivity contribution is 4.89. The largest absolute Gasteiger partial charge is 0.376 e. The predicted molar refractivity (Wildman–Crippen MR) is 73.9 cm³/mol. The van der Waals surface area contributed by atoms with Crippen molar-refractivity contribution in [2.45, 2.75) is 70.0 Å². The Morgan fingerprint density at radius 2 is 2.06 bits per heavy atom. The van der Waals surface area contributed by atoms with Gasteiger partial charge in [-0.2, -0.15) is 0 Å². The lowest BCUT2D eigenvalue weighted by molar-refractivity contribution is -0.103. The standard InChI is InChI=1S/C15H29NO2/c1-2-10-16-13-15(8-4-5-9-15)18-12-14-7-3-6-11-17-14/h14,16H,2-13H2,1H3. The lowest BCUT2D eigenvalue weighted by atomic mass is 10.0. The van der Waals surface area contributed by atoms with E-state index in [0.717, 1.165) is 26.3 Å². The molecule has 18 heavy (non-hydrogen) atoms. The van der Waals surface area contributed by atoms with E-state index in [2.05, 4.69) is 12.2 Å². The van der Waals surface area contributed by atoms with Gasteiger partial charge in [-0.15, -0.1) is 0 Å². The second-order valence-electron chi connectivity index (χ2n) is 5.87. The molecule has 106 valence electrons. The molecule has 1 unspecified atom stereocenters. The van der Waals surface area contributed by atoms with E-state index in [1.54, 1.807) is 0 Å². The van der Waals surface area contributed by atoms with Gasteiger partial charge in [-0.05, 0) is 45.1 Å². The summed E-state index contributed by atoms with van der Waals surface area (Å²) in [5.41, 5.74) is 0.107. The van der Waals surface area contributed by atoms with Crippen LogP contribution in [0.15, 0.2) is 0 Å². The van der Waals surface area contributed by atoms with Gasteiger partial charge in [-0.3, -0.25) is 0 Å². The average molecular weight is 255 g/mol. The molecule has 1 saturated carbocycles. The Hall–Kier alpha value is -0.120. The summed E-state index contributed by atoms with van der Waals surface area (Å²) >= 11 is 0. The molecule has 2 rings (SSSR count). The van der Waals surface area contributed by atoms with Gasteiger partial charge in [0, 0.05) is 13.2 Å². The molecule has 0 aromatic rings. The molecule has 0 spiro atoms. The molecule has 2 aliphatic rings. The van der Waals surface area contributed by atoms with Gasteiger partial charge in [0.05, 0.1) is 18.3 Å². The van der Waals surface area contributed by atoms with Crippen LogP contribution in [0.3, 0.4) is 0 Å². The van der Waals surface area contributed by atoms with Crippen LogP contribution in [-0.4, -0.2) is 38.0 Å². The molecule has 2 fully saturated rings. The van der Waals surface area contributed by atoms with Crippen LogP contribution in [0.2, 0.25) is 0 Å². The van der Waals surface area contributed by atoms with Crippen molar-refractivity contribution in [3.63, 3.8) is 0 Å². The first-order chi connectivity index (χ1) is 8.85. The third-order valence-corrected chi connectivity index (χ3v) is 4.24. The quantitative estimate of drug-likeness (QED) is 0.710. The van der Waals surface area contributed by atoms with Crippen LogP contribution in [0.5, 0.6) is 0 Å². The molecule has 1 aliphatic carbocycles. The fraction of sp³-hybridized carbons (Fsp3) is 1.00. The predicted octanol–water partition coefficient (Wildman–Crippen LogP) is 2.88. The third kappa shape index (κ3) is 4.22. The van der Waals surface area contributed by atoms with Gasteiger partial charge in [0.15, 0.2) is 0 Å². The molecule has 0 bridgehead atoms. The summed E-state index contributed by atoms with van der Waals surface area (Å²) in [5.74, 6) is 0. The number of hydrogen-bond acceptors (Lipinski definition) is 3. The second kappa shape index (κ2) is 7.46. The Balaban J connectivity index is 1.74. The highest BCUT2D eigenvalue weighted by Gasteiger charge is 2.35. The van der Waals surface area contributed by atoms with E-state index >= 15 is 0 Å². The summed E-state index contributed by atoms with van der Waals surface area (Å²) in [7, 11) is 0. The lowest BCUT2D eigenvalue weighted by Gasteiger charge is -2.33. The Morgan fingerprint density at radius 3 is 2.72 bits per heavy atom. The van der Waals surface area contributed by atoms with Crippen molar-refractivity contribution in [3.8, 4) is 0 Å². The summed E-state index contributed by atoms with van der Waals surface area (Å²) in [6.45, 7) is 6.06. The van der Waals surface area contributed by atoms with Gasteiger partial charge in [0.1, 0.15) is 0 Å². The van der Waals surface area contributed by atoms with Crippen molar-refractivity contribution < 1.29 is 9.47 Å². The van der Waals surface area contributed by atoms with Gasteiger partial charge < -0.3 is 14.8 Å². The Labute approximate surface area is 112 Å². The summed E-state index contributed by atoms with van der Waals surface area (Å²) in [6.07, 6.45) is 10.3. The maximum Gasteiger partial charge on any atom is 0.0808 e. The Bertz CT molecular complexity index is 221. The topological polar surface area (TPSA) is 30.5 Å². The summed E-state index contributed by atoms with van der Waals surface area (Å²) in [5, 5.41) is 3.54. The lowest BCUT2D eigenvalue weighted by Crippen LogP contribution is -2.43. The number of rotatable bonds is 7. The number of nitrogens with one attached hydrogen (secondary N) is 1. The number of ether oxygens (including phenoxy) is 2. The van der Waals surface area contributed by atoms with Gasteiger partial charge in [0.2, 0.25) is 0 Å². The minimum absolute atomic E-state index is 0.107. The first kappa shape index (κ1) is 14.3. The van der Waals surface area contributed by atoms with E-state index in [-0.39, 0.29) is 5.60 Å². The van der Waals surface area contributed by atoms with Crippen molar-refractivity contribution in [1.29, 1.82) is 0 Å². The van der Waals surface area contributed by atoms with Crippen LogP contribution in [0, 0.1) is 0 Å². The molecule has 0 aromatic heterocycles. The SMILES string of the molecule is CCCNCC1(OCC2CCCCO2)CCCC1. The first-order valence-electron chi connectivity index (χ1n) is 7.81. The van der Waals surface area contributed by atoms with Crippen molar-refractivity contribution in [1.82, 2.24) is 5.32 Å². The fourth-order valence-electron chi connectivity index (χ4n) is 3.09. The highest BCUT2D eigenvalue weighted by Crippen LogP contribution is 2.33. The Kier molecular flexibility index (Phi) is 5.93.